The van der Waals surface area contributed by atoms with Crippen molar-refractivity contribution >= 4 is 0 Å². The van der Waals surface area contributed by atoms with Crippen LogP contribution in [-0.2, 0) is 0 Å². The fourth-order valence-electron chi connectivity index (χ4n) is 1.48. The maximum absolute atomic E-state index is 3.44. The summed E-state index contributed by atoms with van der Waals surface area (Å²) in [6.45, 7) is 12.1. The molecule has 13 heavy (non-hydrogen) atoms. The van der Waals surface area contributed by atoms with Crippen molar-refractivity contribution in [3.63, 3.8) is 0 Å². The highest BCUT2D eigenvalue weighted by Crippen LogP contribution is 2.04. The first-order valence-electron chi connectivity index (χ1n) is 5.75. The van der Waals surface area contributed by atoms with Crippen LogP contribution in [0.3, 0.4) is 0 Å². The van der Waals surface area contributed by atoms with Crippen LogP contribution in [-0.4, -0.2) is 30.7 Å². The molecule has 0 saturated carbocycles. The SMILES string of the molecule is CC.CC(C)N1CCCCCNC1. The third-order valence-corrected chi connectivity index (χ3v) is 2.34. The Labute approximate surface area is 83.7 Å². The number of hydrogen-bond acceptors (Lipinski definition) is 2. The summed E-state index contributed by atoms with van der Waals surface area (Å²) in [5.74, 6) is 0. The van der Waals surface area contributed by atoms with Crippen LogP contribution >= 0.6 is 0 Å². The smallest absolute Gasteiger partial charge is 0.0482 e. The van der Waals surface area contributed by atoms with Crippen molar-refractivity contribution in [1.29, 1.82) is 0 Å². The van der Waals surface area contributed by atoms with E-state index < -0.39 is 0 Å². The summed E-state index contributed by atoms with van der Waals surface area (Å²) >= 11 is 0. The van der Waals surface area contributed by atoms with Crippen molar-refractivity contribution in [2.24, 2.45) is 0 Å². The van der Waals surface area contributed by atoms with Gasteiger partial charge in [-0.25, -0.2) is 0 Å². The lowest BCUT2D eigenvalue weighted by molar-refractivity contribution is 0.190. The Bertz CT molecular complexity index is 94.3. The Morgan fingerprint density at radius 2 is 1.77 bits per heavy atom. The first-order valence-corrected chi connectivity index (χ1v) is 5.75. The van der Waals surface area contributed by atoms with Crippen LogP contribution < -0.4 is 5.32 Å². The van der Waals surface area contributed by atoms with Crippen LogP contribution in [0, 0.1) is 0 Å². The largest absolute Gasteiger partial charge is 0.304 e. The summed E-state index contributed by atoms with van der Waals surface area (Å²) in [7, 11) is 0. The molecule has 1 heterocycles. The van der Waals surface area contributed by atoms with Crippen molar-refractivity contribution < 1.29 is 0 Å². The van der Waals surface area contributed by atoms with E-state index in [0.29, 0.717) is 6.04 Å². The molecule has 0 aromatic carbocycles. The van der Waals surface area contributed by atoms with Crippen LogP contribution in [0.1, 0.15) is 47.0 Å². The average molecular weight is 186 g/mol. The molecular weight excluding hydrogens is 160 g/mol. The molecule has 0 bridgehead atoms. The van der Waals surface area contributed by atoms with Gasteiger partial charge in [0.25, 0.3) is 0 Å². The third kappa shape index (κ3) is 6.05. The molecule has 1 fully saturated rings. The molecule has 0 spiro atoms. The fourth-order valence-corrected chi connectivity index (χ4v) is 1.48. The highest BCUT2D eigenvalue weighted by atomic mass is 15.2. The maximum Gasteiger partial charge on any atom is 0.0482 e. The zero-order valence-corrected chi connectivity index (χ0v) is 9.77. The van der Waals surface area contributed by atoms with E-state index >= 15 is 0 Å². The van der Waals surface area contributed by atoms with Crippen LogP contribution in [0.4, 0.5) is 0 Å². The summed E-state index contributed by atoms with van der Waals surface area (Å²) in [4.78, 5) is 2.50. The summed E-state index contributed by atoms with van der Waals surface area (Å²) in [6, 6.07) is 0.695. The molecule has 1 aliphatic rings. The number of rotatable bonds is 1. The second kappa shape index (κ2) is 8.52. The fraction of sp³-hybridized carbons (Fsp3) is 1.00. The zero-order chi connectivity index (χ0) is 10.1. The van der Waals surface area contributed by atoms with Crippen molar-refractivity contribution in [3.8, 4) is 0 Å². The van der Waals surface area contributed by atoms with E-state index in [1.54, 1.807) is 0 Å². The molecule has 0 atom stereocenters. The number of nitrogens with one attached hydrogen (secondary N) is 1. The summed E-state index contributed by atoms with van der Waals surface area (Å²) in [5, 5.41) is 3.44. The van der Waals surface area contributed by atoms with E-state index in [2.05, 4.69) is 24.1 Å². The Morgan fingerprint density at radius 3 is 2.38 bits per heavy atom. The van der Waals surface area contributed by atoms with Gasteiger partial charge in [-0.15, -0.1) is 0 Å². The minimum absolute atomic E-state index is 0.695. The first kappa shape index (κ1) is 12.9. The minimum atomic E-state index is 0.695. The van der Waals surface area contributed by atoms with E-state index in [1.165, 1.54) is 32.4 Å². The molecule has 1 rings (SSSR count). The predicted octanol–water partition coefficient (Wildman–Crippen LogP) is 2.45. The molecule has 1 aliphatic heterocycles. The molecule has 0 aliphatic carbocycles. The lowest BCUT2D eigenvalue weighted by atomic mass is 10.2. The average Bonchev–Trinajstić information content (AvgIpc) is 2.06. The van der Waals surface area contributed by atoms with Gasteiger partial charge < -0.3 is 5.32 Å². The Balaban J connectivity index is 0.000000671. The van der Waals surface area contributed by atoms with Crippen molar-refractivity contribution in [3.05, 3.63) is 0 Å². The normalized spacial score (nSPS) is 20.1. The number of nitrogens with zero attached hydrogens (tertiary/aromatic N) is 1. The van der Waals surface area contributed by atoms with Crippen molar-refractivity contribution in [2.45, 2.75) is 53.0 Å². The zero-order valence-electron chi connectivity index (χ0n) is 9.77. The standard InChI is InChI=1S/C9H20N2.C2H6/c1-9(2)11-7-5-3-4-6-10-8-11;1-2/h9-10H,3-8H2,1-2H3;1-2H3. The summed E-state index contributed by atoms with van der Waals surface area (Å²) in [6.07, 6.45) is 4.11. The van der Waals surface area contributed by atoms with Gasteiger partial charge in [-0.05, 0) is 39.8 Å². The Kier molecular flexibility index (Phi) is 8.46. The number of hydrogen-bond donors (Lipinski definition) is 1. The summed E-state index contributed by atoms with van der Waals surface area (Å²) in [5.41, 5.74) is 0. The van der Waals surface area contributed by atoms with Crippen LogP contribution in [0.5, 0.6) is 0 Å². The molecule has 80 valence electrons. The molecule has 2 nitrogen and oxygen atoms in total. The highest BCUT2D eigenvalue weighted by Gasteiger charge is 2.09. The monoisotopic (exact) mass is 186 g/mol. The van der Waals surface area contributed by atoms with Gasteiger partial charge in [-0.2, -0.15) is 0 Å². The Morgan fingerprint density at radius 1 is 1.08 bits per heavy atom. The van der Waals surface area contributed by atoms with Gasteiger partial charge in [0.05, 0.1) is 0 Å². The molecule has 0 aromatic heterocycles. The molecule has 0 aromatic rings. The van der Waals surface area contributed by atoms with Crippen molar-refractivity contribution in [1.82, 2.24) is 10.2 Å². The molecule has 0 unspecified atom stereocenters. The molecule has 1 N–H and O–H groups in total. The van der Waals surface area contributed by atoms with E-state index in [1.807, 2.05) is 13.8 Å². The predicted molar refractivity (Wildman–Crippen MR) is 59.9 cm³/mol. The van der Waals surface area contributed by atoms with Gasteiger partial charge in [0.15, 0.2) is 0 Å². The van der Waals surface area contributed by atoms with Crippen LogP contribution in [0.25, 0.3) is 0 Å². The van der Waals surface area contributed by atoms with Gasteiger partial charge in [-0.3, -0.25) is 4.90 Å². The van der Waals surface area contributed by atoms with Crippen LogP contribution in [0.2, 0.25) is 0 Å². The van der Waals surface area contributed by atoms with Gasteiger partial charge in [-0.1, -0.05) is 20.3 Å². The maximum atomic E-state index is 3.44. The highest BCUT2D eigenvalue weighted by molar-refractivity contribution is 4.64. The second-order valence-corrected chi connectivity index (χ2v) is 3.62. The molecular formula is C11H26N2. The van der Waals surface area contributed by atoms with Gasteiger partial charge in [0.2, 0.25) is 0 Å². The Hall–Kier alpha value is -0.0800. The first-order chi connectivity index (χ1) is 6.30. The van der Waals surface area contributed by atoms with E-state index in [0.717, 1.165) is 6.67 Å². The van der Waals surface area contributed by atoms with E-state index in [4.69, 9.17) is 0 Å². The molecule has 0 radical (unpaired) electrons. The molecule has 0 amide bonds. The lowest BCUT2D eigenvalue weighted by Crippen LogP contribution is -2.41. The quantitative estimate of drug-likeness (QED) is 0.676. The topological polar surface area (TPSA) is 15.3 Å². The lowest BCUT2D eigenvalue weighted by Gasteiger charge is -2.28. The van der Waals surface area contributed by atoms with E-state index in [9.17, 15) is 0 Å². The van der Waals surface area contributed by atoms with Gasteiger partial charge in [0.1, 0.15) is 0 Å². The van der Waals surface area contributed by atoms with E-state index in [-0.39, 0.29) is 0 Å². The molecule has 1 saturated heterocycles. The van der Waals surface area contributed by atoms with Gasteiger partial charge >= 0.3 is 0 Å². The van der Waals surface area contributed by atoms with Crippen molar-refractivity contribution in [2.75, 3.05) is 19.8 Å². The van der Waals surface area contributed by atoms with Crippen LogP contribution in [0.15, 0.2) is 0 Å². The second-order valence-electron chi connectivity index (χ2n) is 3.62. The van der Waals surface area contributed by atoms with Gasteiger partial charge in [0, 0.05) is 12.7 Å². The summed E-state index contributed by atoms with van der Waals surface area (Å²) < 4.78 is 0. The third-order valence-electron chi connectivity index (χ3n) is 2.34. The molecule has 2 heteroatoms. The minimum Gasteiger partial charge on any atom is -0.304 e.